The molecule has 26 heavy (non-hydrogen) atoms. The van der Waals surface area contributed by atoms with Crippen LogP contribution in [-0.4, -0.2) is 16.3 Å². The largest absolute Gasteiger partial charge is 0.370 e. The van der Waals surface area contributed by atoms with Crippen molar-refractivity contribution < 1.29 is 8.78 Å². The molecule has 1 N–H and O–H groups in total. The molecule has 0 radical (unpaired) electrons. The summed E-state index contributed by atoms with van der Waals surface area (Å²) in [6, 6.07) is 8.68. The number of anilines is 1. The molecule has 0 aliphatic carbocycles. The van der Waals surface area contributed by atoms with Crippen LogP contribution in [0.15, 0.2) is 36.4 Å². The van der Waals surface area contributed by atoms with Gasteiger partial charge in [0.15, 0.2) is 0 Å². The van der Waals surface area contributed by atoms with Gasteiger partial charge in [-0.15, -0.1) is 0 Å². The van der Waals surface area contributed by atoms with Gasteiger partial charge in [-0.3, -0.25) is 0 Å². The Balaban J connectivity index is 1.95. The van der Waals surface area contributed by atoms with Crippen LogP contribution in [0.3, 0.4) is 0 Å². The van der Waals surface area contributed by atoms with Gasteiger partial charge in [0.1, 0.15) is 23.1 Å². The van der Waals surface area contributed by atoms with Crippen LogP contribution < -0.4 is 5.32 Å². The number of benzene rings is 2. The number of rotatable bonds is 2. The number of hydrogen-bond donors (Lipinski definition) is 1. The van der Waals surface area contributed by atoms with E-state index in [2.05, 4.69) is 10.4 Å². The van der Waals surface area contributed by atoms with E-state index in [0.717, 1.165) is 43.3 Å². The summed E-state index contributed by atoms with van der Waals surface area (Å²) in [5.41, 5.74) is 2.32. The van der Waals surface area contributed by atoms with Gasteiger partial charge in [0.25, 0.3) is 0 Å². The second-order valence-electron chi connectivity index (χ2n) is 6.19. The molecule has 0 atom stereocenters. The lowest BCUT2D eigenvalue weighted by molar-refractivity contribution is 0.585. The minimum absolute atomic E-state index is 0.273. The van der Waals surface area contributed by atoms with Gasteiger partial charge in [-0.25, -0.2) is 13.5 Å². The normalized spacial score (nSPS) is 13.8. The maximum absolute atomic E-state index is 14.4. The van der Waals surface area contributed by atoms with Crippen molar-refractivity contribution in [2.45, 2.75) is 19.3 Å². The molecule has 4 rings (SSSR count). The van der Waals surface area contributed by atoms with Gasteiger partial charge >= 0.3 is 0 Å². The van der Waals surface area contributed by atoms with Gasteiger partial charge in [-0.2, -0.15) is 5.10 Å². The maximum Gasteiger partial charge on any atom is 0.135 e. The van der Waals surface area contributed by atoms with Crippen LogP contribution in [-0.2, 0) is 6.42 Å². The summed E-state index contributed by atoms with van der Waals surface area (Å²) in [5, 5.41) is 8.95. The van der Waals surface area contributed by atoms with E-state index in [4.69, 9.17) is 23.2 Å². The van der Waals surface area contributed by atoms with Crippen molar-refractivity contribution in [3.63, 3.8) is 0 Å². The molecule has 3 aromatic rings. The molecule has 1 aliphatic rings. The van der Waals surface area contributed by atoms with E-state index in [0.29, 0.717) is 21.4 Å². The van der Waals surface area contributed by atoms with Crippen molar-refractivity contribution in [3.8, 4) is 16.9 Å². The van der Waals surface area contributed by atoms with Crippen LogP contribution in [0.4, 0.5) is 14.6 Å². The van der Waals surface area contributed by atoms with E-state index in [1.165, 1.54) is 12.1 Å². The van der Waals surface area contributed by atoms with E-state index < -0.39 is 11.6 Å². The third-order valence-electron chi connectivity index (χ3n) is 4.45. The van der Waals surface area contributed by atoms with Crippen LogP contribution in [0.5, 0.6) is 0 Å². The number of halogens is 4. The zero-order valence-corrected chi connectivity index (χ0v) is 15.2. The SMILES string of the molecule is Fc1ccc(-c2nn(-c3ccc(Cl)cc3Cl)c3c2CCCCN3)c(F)c1. The lowest BCUT2D eigenvalue weighted by atomic mass is 10.0. The molecule has 0 unspecified atom stereocenters. The molecule has 0 fully saturated rings. The maximum atomic E-state index is 14.4. The summed E-state index contributed by atoms with van der Waals surface area (Å²) >= 11 is 12.4. The molecule has 3 nitrogen and oxygen atoms in total. The Kier molecular flexibility index (Phi) is 4.59. The average molecular weight is 394 g/mol. The van der Waals surface area contributed by atoms with Crippen LogP contribution >= 0.6 is 23.2 Å². The van der Waals surface area contributed by atoms with Crippen molar-refractivity contribution in [2.24, 2.45) is 0 Å². The minimum Gasteiger partial charge on any atom is -0.370 e. The zero-order valence-electron chi connectivity index (χ0n) is 13.7. The van der Waals surface area contributed by atoms with Crippen molar-refractivity contribution in [2.75, 3.05) is 11.9 Å². The molecule has 1 aliphatic heterocycles. The van der Waals surface area contributed by atoms with Gasteiger partial charge in [0.05, 0.1) is 10.7 Å². The van der Waals surface area contributed by atoms with Crippen molar-refractivity contribution in [1.82, 2.24) is 9.78 Å². The lowest BCUT2D eigenvalue weighted by Crippen LogP contribution is -2.07. The molecule has 0 saturated carbocycles. The molecule has 0 saturated heterocycles. The molecule has 2 aromatic carbocycles. The molecule has 134 valence electrons. The number of hydrogen-bond acceptors (Lipinski definition) is 2. The van der Waals surface area contributed by atoms with Crippen LogP contribution in [0.25, 0.3) is 16.9 Å². The van der Waals surface area contributed by atoms with Crippen LogP contribution in [0.2, 0.25) is 10.0 Å². The first-order chi connectivity index (χ1) is 12.5. The summed E-state index contributed by atoms with van der Waals surface area (Å²) in [6.45, 7) is 0.787. The predicted molar refractivity (Wildman–Crippen MR) is 100 cm³/mol. The Hall–Kier alpha value is -2.11. The van der Waals surface area contributed by atoms with E-state index in [1.54, 1.807) is 22.9 Å². The monoisotopic (exact) mass is 393 g/mol. The van der Waals surface area contributed by atoms with Crippen LogP contribution in [0.1, 0.15) is 18.4 Å². The fourth-order valence-corrected chi connectivity index (χ4v) is 3.72. The Labute approximate surface area is 159 Å². The second kappa shape index (κ2) is 6.89. The predicted octanol–water partition coefficient (Wildman–Crippen LogP) is 5.87. The molecule has 0 bridgehead atoms. The zero-order chi connectivity index (χ0) is 18.3. The van der Waals surface area contributed by atoms with E-state index in [1.807, 2.05) is 0 Å². The molecule has 0 spiro atoms. The average Bonchev–Trinajstić information content (AvgIpc) is 2.77. The molecule has 1 aromatic heterocycles. The quantitative estimate of drug-likeness (QED) is 0.589. The van der Waals surface area contributed by atoms with Gasteiger partial charge in [-0.05, 0) is 49.6 Å². The standard InChI is InChI=1S/C19H15Cl2F2N3/c20-11-4-7-17(15(21)9-11)26-19-14(3-1-2-8-24-19)18(25-26)13-6-5-12(22)10-16(13)23/h4-7,9-10,24H,1-3,8H2. The van der Waals surface area contributed by atoms with Crippen molar-refractivity contribution >= 4 is 29.0 Å². The molecular weight excluding hydrogens is 379 g/mol. The van der Waals surface area contributed by atoms with Gasteiger partial charge in [0, 0.05) is 28.8 Å². The summed E-state index contributed by atoms with van der Waals surface area (Å²) in [4.78, 5) is 0. The van der Waals surface area contributed by atoms with Gasteiger partial charge in [0.2, 0.25) is 0 Å². The number of nitrogens with zero attached hydrogens (tertiary/aromatic N) is 2. The third kappa shape index (κ3) is 3.06. The van der Waals surface area contributed by atoms with E-state index >= 15 is 0 Å². The fourth-order valence-electron chi connectivity index (χ4n) is 3.23. The molecule has 0 amide bonds. The molecular formula is C19H15Cl2F2N3. The molecule has 2 heterocycles. The lowest BCUT2D eigenvalue weighted by Gasteiger charge is -2.10. The Morgan fingerprint density at radius 2 is 1.88 bits per heavy atom. The highest BCUT2D eigenvalue weighted by atomic mass is 35.5. The minimum atomic E-state index is -0.635. The van der Waals surface area contributed by atoms with Crippen LogP contribution in [0, 0.1) is 11.6 Å². The van der Waals surface area contributed by atoms with E-state index in [-0.39, 0.29) is 5.56 Å². The highest BCUT2D eigenvalue weighted by Crippen LogP contribution is 2.37. The first kappa shape index (κ1) is 17.3. The number of aromatic nitrogens is 2. The smallest absolute Gasteiger partial charge is 0.135 e. The fraction of sp³-hybridized carbons (Fsp3) is 0.211. The Morgan fingerprint density at radius 1 is 1.04 bits per heavy atom. The summed E-state index contributed by atoms with van der Waals surface area (Å²) in [7, 11) is 0. The second-order valence-corrected chi connectivity index (χ2v) is 7.03. The Morgan fingerprint density at radius 3 is 2.65 bits per heavy atom. The summed E-state index contributed by atoms with van der Waals surface area (Å²) < 4.78 is 29.4. The first-order valence-corrected chi connectivity index (χ1v) is 9.07. The first-order valence-electron chi connectivity index (χ1n) is 8.31. The topological polar surface area (TPSA) is 29.9 Å². The number of fused-ring (bicyclic) bond motifs is 1. The van der Waals surface area contributed by atoms with Crippen molar-refractivity contribution in [3.05, 3.63) is 63.6 Å². The summed E-state index contributed by atoms with van der Waals surface area (Å²) in [6.07, 6.45) is 2.70. The van der Waals surface area contributed by atoms with Crippen molar-refractivity contribution in [1.29, 1.82) is 0 Å². The third-order valence-corrected chi connectivity index (χ3v) is 4.99. The molecule has 7 heteroatoms. The highest BCUT2D eigenvalue weighted by molar-refractivity contribution is 6.35. The van der Waals surface area contributed by atoms with E-state index in [9.17, 15) is 8.78 Å². The summed E-state index contributed by atoms with van der Waals surface area (Å²) in [5.74, 6) is -0.468. The van der Waals surface area contributed by atoms with Gasteiger partial charge in [-0.1, -0.05) is 23.2 Å². The Bertz CT molecular complexity index is 909. The van der Waals surface area contributed by atoms with Gasteiger partial charge < -0.3 is 5.32 Å². The number of nitrogens with one attached hydrogen (secondary N) is 1. The highest BCUT2D eigenvalue weighted by Gasteiger charge is 2.24.